The third-order valence-corrected chi connectivity index (χ3v) is 2.39. The maximum absolute atomic E-state index is 2.37. The van der Waals surface area contributed by atoms with Crippen LogP contribution in [0.25, 0.3) is 0 Å². The molecule has 75 valence electrons. The number of thioether (sulfide) groups is 1. The van der Waals surface area contributed by atoms with Gasteiger partial charge >= 0.3 is 49.4 Å². The van der Waals surface area contributed by atoms with Gasteiger partial charge < -0.3 is 0 Å². The second-order valence-electron chi connectivity index (χ2n) is 3.38. The van der Waals surface area contributed by atoms with Gasteiger partial charge in [0.25, 0.3) is 0 Å². The molecule has 0 aliphatic carbocycles. The van der Waals surface area contributed by atoms with Gasteiger partial charge in [-0.15, -0.1) is 0 Å². The van der Waals surface area contributed by atoms with Gasteiger partial charge in [0.2, 0.25) is 0 Å². The summed E-state index contributed by atoms with van der Waals surface area (Å²) in [6.45, 7) is 9.05. The van der Waals surface area contributed by atoms with E-state index in [-0.39, 0.29) is 0 Å². The summed E-state index contributed by atoms with van der Waals surface area (Å²) >= 11 is 6.80. The van der Waals surface area contributed by atoms with Crippen molar-refractivity contribution in [1.29, 1.82) is 0 Å². The zero-order chi connectivity index (χ0) is 10.0. The molecule has 12 heavy (non-hydrogen) atoms. The Bertz CT molecular complexity index is 83.6. The van der Waals surface area contributed by atoms with Gasteiger partial charge in [-0.2, -0.15) is 11.8 Å². The molecule has 0 rings (SSSR count). The maximum atomic E-state index is 2.37. The summed E-state index contributed by atoms with van der Waals surface area (Å²) in [4.78, 5) is 0. The van der Waals surface area contributed by atoms with Gasteiger partial charge in [-0.05, 0) is 12.2 Å². The quantitative estimate of drug-likeness (QED) is 0.426. The minimum absolute atomic E-state index is 0.467. The van der Waals surface area contributed by atoms with Crippen LogP contribution in [0.3, 0.4) is 0 Å². The first-order valence-corrected chi connectivity index (χ1v) is 14.0. The molecule has 0 N–H and O–H groups in total. The van der Waals surface area contributed by atoms with Gasteiger partial charge in [0.15, 0.2) is 0 Å². The first kappa shape index (κ1) is 16.8. The summed E-state index contributed by atoms with van der Waals surface area (Å²) in [5.41, 5.74) is 0. The second-order valence-corrected chi connectivity index (χ2v) is 17.1. The molecule has 0 aromatic carbocycles. The van der Waals surface area contributed by atoms with E-state index in [1.165, 1.54) is 18.6 Å². The zero-order valence-corrected chi connectivity index (χ0v) is 14.8. The molecule has 0 bridgehead atoms. The Labute approximate surface area is 111 Å². The minimum atomic E-state index is 0.467. The van der Waals surface area contributed by atoms with Crippen molar-refractivity contribution in [2.75, 3.05) is 5.75 Å². The van der Waals surface area contributed by atoms with Crippen LogP contribution in [0.2, 0.25) is 0 Å². The molecule has 0 fully saturated rings. The monoisotopic (exact) mass is 451 g/mol. The van der Waals surface area contributed by atoms with Gasteiger partial charge in [-0.25, -0.2) is 0 Å². The van der Waals surface area contributed by atoms with Gasteiger partial charge in [0.1, 0.15) is 0 Å². The molecule has 0 nitrogen and oxygen atoms in total. The van der Waals surface area contributed by atoms with E-state index in [2.05, 4.69) is 79.4 Å². The third-order valence-electron chi connectivity index (χ3n) is 1.03. The van der Waals surface area contributed by atoms with E-state index in [0.717, 1.165) is 0 Å². The summed E-state index contributed by atoms with van der Waals surface area (Å²) < 4.78 is 0.467. The van der Waals surface area contributed by atoms with Crippen LogP contribution >= 0.6 is 51.7 Å². The standard InChI is InChI=1S/C8H18S.2HI.V/c1-5-6-7-9-8(2,3)4;;;/h5-7H2,1-4H3;2*1H;/q;;;+2/p-2. The van der Waals surface area contributed by atoms with Crippen molar-refractivity contribution in [3.8, 4) is 0 Å². The Kier molecular flexibility index (Phi) is 16.1. The first-order valence-electron chi connectivity index (χ1n) is 4.04. The number of hydrogen-bond acceptors (Lipinski definition) is 1. The number of halogens is 2. The Morgan fingerprint density at radius 2 is 1.67 bits per heavy atom. The van der Waals surface area contributed by atoms with Crippen molar-refractivity contribution < 1.29 is 9.47 Å². The molecule has 0 aliphatic rings. The van der Waals surface area contributed by atoms with Crippen LogP contribution in [0.5, 0.6) is 0 Å². The molecule has 0 atom stereocenters. The van der Waals surface area contributed by atoms with E-state index in [4.69, 9.17) is 0 Å². The number of rotatable bonds is 3. The number of hydrogen-bond donors (Lipinski definition) is 0. The summed E-state index contributed by atoms with van der Waals surface area (Å²) in [5.74, 6) is 1.32. The Hall–Kier alpha value is 2.39. The molecule has 0 radical (unpaired) electrons. The Morgan fingerprint density at radius 1 is 1.25 bits per heavy atom. The molecule has 0 amide bonds. The topological polar surface area (TPSA) is 0 Å². The van der Waals surface area contributed by atoms with E-state index >= 15 is 0 Å². The van der Waals surface area contributed by atoms with E-state index in [1.54, 1.807) is 0 Å². The third kappa shape index (κ3) is 22.8. The molecule has 0 aromatic rings. The molecular weight excluding hydrogens is 433 g/mol. The molecule has 0 heterocycles. The van der Waals surface area contributed by atoms with E-state index < -0.39 is 0 Å². The van der Waals surface area contributed by atoms with Crippen molar-refractivity contribution >= 4 is 51.7 Å². The normalized spacial score (nSPS) is 10.2. The van der Waals surface area contributed by atoms with Crippen LogP contribution in [0.15, 0.2) is 0 Å². The summed E-state index contributed by atoms with van der Waals surface area (Å²) in [5, 5.41) is 0. The second kappa shape index (κ2) is 11.5. The van der Waals surface area contributed by atoms with E-state index in [1.807, 2.05) is 0 Å². The van der Waals surface area contributed by atoms with Crippen molar-refractivity contribution in [1.82, 2.24) is 0 Å². The van der Waals surface area contributed by atoms with Gasteiger partial charge in [0.05, 0.1) is 0 Å². The molecule has 0 aromatic heterocycles. The molecule has 4 heteroatoms. The van der Waals surface area contributed by atoms with Crippen molar-refractivity contribution in [2.24, 2.45) is 0 Å². The number of unbranched alkanes of at least 4 members (excludes halogenated alkanes) is 1. The SMILES string of the molecule is CCCCSC(C)(C)C.[I][V][I]. The summed E-state index contributed by atoms with van der Waals surface area (Å²) in [6, 6.07) is 0. The average molecular weight is 451 g/mol. The van der Waals surface area contributed by atoms with Crippen LogP contribution in [-0.2, 0) is 9.47 Å². The summed E-state index contributed by atoms with van der Waals surface area (Å²) in [7, 11) is 0.628. The molecular formula is C8H18I2SV. The van der Waals surface area contributed by atoms with Gasteiger partial charge in [-0.1, -0.05) is 34.1 Å². The average Bonchev–Trinajstić information content (AvgIpc) is 1.87. The Morgan fingerprint density at radius 3 is 1.92 bits per heavy atom. The van der Waals surface area contributed by atoms with Crippen molar-refractivity contribution in [2.45, 2.75) is 45.3 Å². The first-order chi connectivity index (χ1) is 5.47. The van der Waals surface area contributed by atoms with E-state index in [9.17, 15) is 0 Å². The summed E-state index contributed by atoms with van der Waals surface area (Å²) in [6.07, 6.45) is 2.69. The predicted molar refractivity (Wildman–Crippen MR) is 75.2 cm³/mol. The predicted octanol–water partition coefficient (Wildman–Crippen LogP) is 5.09. The van der Waals surface area contributed by atoms with Gasteiger partial charge in [-0.3, -0.25) is 0 Å². The van der Waals surface area contributed by atoms with Crippen LogP contribution in [0, 0.1) is 0 Å². The van der Waals surface area contributed by atoms with Crippen LogP contribution in [0.1, 0.15) is 40.5 Å². The molecule has 0 aliphatic heterocycles. The zero-order valence-electron chi connectivity index (χ0n) is 8.23. The molecule has 0 saturated heterocycles. The molecule has 0 saturated carbocycles. The fourth-order valence-electron chi connectivity index (χ4n) is 0.523. The molecule has 0 unspecified atom stereocenters. The molecule has 0 spiro atoms. The van der Waals surface area contributed by atoms with E-state index in [0.29, 0.717) is 14.2 Å². The van der Waals surface area contributed by atoms with Crippen molar-refractivity contribution in [3.63, 3.8) is 0 Å². The fourth-order valence-corrected chi connectivity index (χ4v) is 1.57. The Balaban J connectivity index is 0. The fraction of sp³-hybridized carbons (Fsp3) is 1.00. The van der Waals surface area contributed by atoms with Gasteiger partial charge in [0, 0.05) is 4.75 Å². The van der Waals surface area contributed by atoms with Crippen molar-refractivity contribution in [3.05, 3.63) is 0 Å². The van der Waals surface area contributed by atoms with Crippen LogP contribution in [0.4, 0.5) is 0 Å². The van der Waals surface area contributed by atoms with Crippen LogP contribution < -0.4 is 0 Å². The van der Waals surface area contributed by atoms with Crippen LogP contribution in [-0.4, -0.2) is 10.5 Å².